The van der Waals surface area contributed by atoms with Crippen LogP contribution >= 0.6 is 19.9 Å². The van der Waals surface area contributed by atoms with E-state index in [1.54, 1.807) is 0 Å². The van der Waals surface area contributed by atoms with Gasteiger partial charge in [-0.25, -0.2) is 0 Å². The maximum absolute atomic E-state index is 10.2. The highest BCUT2D eigenvalue weighted by Gasteiger charge is 2.14. The monoisotopic (exact) mass is 171 g/mol. The number of hydrogen-bond acceptors (Lipinski definition) is 3. The molecule has 0 saturated carbocycles. The van der Waals surface area contributed by atoms with Gasteiger partial charge in [-0.2, -0.15) is 0 Å². The van der Waals surface area contributed by atoms with Crippen LogP contribution in [-0.2, 0) is 13.9 Å². The highest BCUT2D eigenvalue weighted by Crippen LogP contribution is 2.13. The summed E-state index contributed by atoms with van der Waals surface area (Å²) in [4.78, 5) is 18.2. The minimum Gasteiger partial charge on any atom is -0.296 e. The molecule has 1 N–H and O–H groups in total. The van der Waals surface area contributed by atoms with E-state index in [2.05, 4.69) is 4.52 Å². The lowest BCUT2D eigenvalue weighted by atomic mass is 10.5. The van der Waals surface area contributed by atoms with Gasteiger partial charge in [0.2, 0.25) is 0 Å². The fourth-order valence-electron chi connectivity index (χ4n) is 0.166. The van der Waals surface area contributed by atoms with Crippen molar-refractivity contribution in [2.24, 2.45) is 0 Å². The molecule has 6 heteroatoms. The molecule has 0 fully saturated rings. The average molecular weight is 171 g/mol. The fourth-order valence-corrected chi connectivity index (χ4v) is 0.497. The van der Waals surface area contributed by atoms with E-state index < -0.39 is 20.6 Å². The van der Waals surface area contributed by atoms with Crippen LogP contribution in [-0.4, -0.2) is 23.2 Å². The quantitative estimate of drug-likeness (QED) is 0.493. The Morgan fingerprint density at radius 2 is 2.33 bits per heavy atom. The van der Waals surface area contributed by atoms with Crippen LogP contribution in [0.25, 0.3) is 0 Å². The van der Waals surface area contributed by atoms with Crippen LogP contribution < -0.4 is 0 Å². The van der Waals surface area contributed by atoms with Crippen LogP contribution in [0, 0.1) is 0 Å². The molecule has 0 aromatic rings. The van der Waals surface area contributed by atoms with E-state index in [1.165, 1.54) is 0 Å². The molecular formula is C3H5ClO4P+. The number of Topliss-reactive ketones (excluding diaryl/α,β-unsaturated/α-hetero) is 1. The second-order valence-electron chi connectivity index (χ2n) is 1.18. The lowest BCUT2D eigenvalue weighted by molar-refractivity contribution is -0.118. The molecule has 0 saturated heterocycles. The predicted octanol–water partition coefficient (Wildman–Crippen LogP) is 0.461. The van der Waals surface area contributed by atoms with Crippen LogP contribution in [0.4, 0.5) is 0 Å². The molecule has 0 amide bonds. The SMILES string of the molecule is O=C(CCl)CO[P+](=O)O. The molecule has 0 bridgehead atoms. The van der Waals surface area contributed by atoms with E-state index >= 15 is 0 Å². The van der Waals surface area contributed by atoms with Crippen molar-refractivity contribution in [1.82, 2.24) is 0 Å². The molecular weight excluding hydrogens is 166 g/mol. The standard InChI is InChI=1S/C3H4ClO4P/c4-1-3(5)2-8-9(6)7/h1-2H2/p+1. The molecule has 0 rings (SSSR count). The average Bonchev–Trinajstić information content (AvgIpc) is 1.83. The summed E-state index contributed by atoms with van der Waals surface area (Å²) >= 11 is 5.03. The van der Waals surface area contributed by atoms with Crippen molar-refractivity contribution in [1.29, 1.82) is 0 Å². The summed E-state index contributed by atoms with van der Waals surface area (Å²) in [5.74, 6) is -0.600. The maximum atomic E-state index is 10.2. The molecule has 0 radical (unpaired) electrons. The first-order chi connectivity index (χ1) is 4.16. The number of ketones is 1. The predicted molar refractivity (Wildman–Crippen MR) is 31.5 cm³/mol. The zero-order chi connectivity index (χ0) is 7.28. The third-order valence-corrected chi connectivity index (χ3v) is 1.13. The van der Waals surface area contributed by atoms with E-state index in [9.17, 15) is 9.36 Å². The Hall–Kier alpha value is -0.0200. The molecule has 1 unspecified atom stereocenters. The number of carbonyl (C=O) groups is 1. The summed E-state index contributed by atoms with van der Waals surface area (Å²) in [7, 11) is -2.67. The Balaban J connectivity index is 3.28. The molecule has 1 atom stereocenters. The molecule has 0 aromatic carbocycles. The summed E-state index contributed by atoms with van der Waals surface area (Å²) < 4.78 is 13.8. The first-order valence-electron chi connectivity index (χ1n) is 2.03. The van der Waals surface area contributed by atoms with Gasteiger partial charge in [-0.05, 0) is 0 Å². The van der Waals surface area contributed by atoms with Gasteiger partial charge in [-0.1, -0.05) is 0 Å². The van der Waals surface area contributed by atoms with Crippen molar-refractivity contribution in [3.05, 3.63) is 0 Å². The molecule has 4 nitrogen and oxygen atoms in total. The van der Waals surface area contributed by atoms with Crippen molar-refractivity contribution in [3.63, 3.8) is 0 Å². The van der Waals surface area contributed by atoms with Gasteiger partial charge in [0.05, 0.1) is 5.88 Å². The van der Waals surface area contributed by atoms with E-state index in [-0.39, 0.29) is 5.88 Å². The van der Waals surface area contributed by atoms with Gasteiger partial charge in [0.1, 0.15) is 0 Å². The van der Waals surface area contributed by atoms with Gasteiger partial charge >= 0.3 is 8.25 Å². The zero-order valence-corrected chi connectivity index (χ0v) is 6.06. The van der Waals surface area contributed by atoms with Crippen LogP contribution in [0.1, 0.15) is 0 Å². The molecule has 0 heterocycles. The van der Waals surface area contributed by atoms with Crippen molar-refractivity contribution >= 4 is 25.6 Å². The molecule has 52 valence electrons. The van der Waals surface area contributed by atoms with Crippen LogP contribution in [0.15, 0.2) is 0 Å². The Labute approximate surface area is 57.7 Å². The molecule has 0 aliphatic heterocycles. The largest absolute Gasteiger partial charge is 0.695 e. The van der Waals surface area contributed by atoms with Gasteiger partial charge in [-0.3, -0.25) is 4.79 Å². The second kappa shape index (κ2) is 4.82. The first-order valence-corrected chi connectivity index (χ1v) is 3.70. The van der Waals surface area contributed by atoms with Gasteiger partial charge in [0.15, 0.2) is 12.4 Å². The van der Waals surface area contributed by atoms with Crippen LogP contribution in [0.5, 0.6) is 0 Å². The lowest BCUT2D eigenvalue weighted by Crippen LogP contribution is -2.05. The van der Waals surface area contributed by atoms with Crippen molar-refractivity contribution in [3.8, 4) is 0 Å². The first kappa shape index (κ1) is 8.98. The van der Waals surface area contributed by atoms with Gasteiger partial charge < -0.3 is 0 Å². The summed E-state index contributed by atoms with van der Waals surface area (Å²) in [5, 5.41) is 0. The normalized spacial score (nSPS) is 11.1. The van der Waals surface area contributed by atoms with Crippen molar-refractivity contribution in [2.45, 2.75) is 0 Å². The van der Waals surface area contributed by atoms with E-state index in [0.29, 0.717) is 0 Å². The lowest BCUT2D eigenvalue weighted by Gasteiger charge is -1.82. The topological polar surface area (TPSA) is 63.6 Å². The number of hydrogen-bond donors (Lipinski definition) is 1. The number of alkyl halides is 1. The third-order valence-electron chi connectivity index (χ3n) is 0.485. The van der Waals surface area contributed by atoms with Gasteiger partial charge in [0, 0.05) is 4.57 Å². The van der Waals surface area contributed by atoms with E-state index in [4.69, 9.17) is 16.5 Å². The third kappa shape index (κ3) is 5.86. The van der Waals surface area contributed by atoms with Crippen molar-refractivity contribution < 1.29 is 18.8 Å². The van der Waals surface area contributed by atoms with E-state index in [0.717, 1.165) is 0 Å². The smallest absolute Gasteiger partial charge is 0.296 e. The summed E-state index contributed by atoms with van der Waals surface area (Å²) in [6.45, 7) is -0.394. The molecule has 0 spiro atoms. The zero-order valence-electron chi connectivity index (χ0n) is 4.41. The second-order valence-corrected chi connectivity index (χ2v) is 2.18. The van der Waals surface area contributed by atoms with Crippen LogP contribution in [0.3, 0.4) is 0 Å². The summed E-state index contributed by atoms with van der Waals surface area (Å²) in [6.07, 6.45) is 0. The highest BCUT2D eigenvalue weighted by atomic mass is 35.5. The number of halogens is 1. The minimum atomic E-state index is -2.67. The summed E-state index contributed by atoms with van der Waals surface area (Å²) in [5.41, 5.74) is 0. The molecule has 9 heavy (non-hydrogen) atoms. The minimum absolute atomic E-state index is 0.191. The van der Waals surface area contributed by atoms with E-state index in [1.807, 2.05) is 0 Å². The fraction of sp³-hybridized carbons (Fsp3) is 0.667. The number of carbonyl (C=O) groups excluding carboxylic acids is 1. The molecule has 0 aromatic heterocycles. The molecule has 0 aliphatic rings. The van der Waals surface area contributed by atoms with Crippen LogP contribution in [0.2, 0.25) is 0 Å². The van der Waals surface area contributed by atoms with Gasteiger partial charge in [-0.15, -0.1) is 21.0 Å². The van der Waals surface area contributed by atoms with Crippen molar-refractivity contribution in [2.75, 3.05) is 12.5 Å². The molecule has 0 aliphatic carbocycles. The van der Waals surface area contributed by atoms with Gasteiger partial charge in [0.25, 0.3) is 0 Å². The Morgan fingerprint density at radius 3 is 2.67 bits per heavy atom. The maximum Gasteiger partial charge on any atom is 0.695 e. The Bertz CT molecular complexity index is 125. The summed E-state index contributed by atoms with van der Waals surface area (Å²) in [6, 6.07) is 0. The Morgan fingerprint density at radius 1 is 1.78 bits per heavy atom. The highest BCUT2D eigenvalue weighted by molar-refractivity contribution is 7.32. The Kier molecular flexibility index (Phi) is 4.81. The number of rotatable bonds is 4.